The molecule has 2 aromatic carbocycles. The summed E-state index contributed by atoms with van der Waals surface area (Å²) in [4.78, 5) is 27.0. The van der Waals surface area contributed by atoms with E-state index in [4.69, 9.17) is 14.2 Å². The van der Waals surface area contributed by atoms with Crippen molar-refractivity contribution in [1.29, 1.82) is 0 Å². The van der Waals surface area contributed by atoms with Gasteiger partial charge in [0.1, 0.15) is 19.0 Å². The second-order valence-electron chi connectivity index (χ2n) is 11.3. The van der Waals surface area contributed by atoms with Crippen LogP contribution in [0.2, 0.25) is 0 Å². The Balaban J connectivity index is 1.20. The molecule has 2 amide bonds. The first kappa shape index (κ1) is 27.4. The zero-order valence-electron chi connectivity index (χ0n) is 23.1. The Morgan fingerprint density at radius 3 is 2.51 bits per heavy atom. The topological polar surface area (TPSA) is 65.1 Å². The molecule has 1 saturated carbocycles. The van der Waals surface area contributed by atoms with Crippen LogP contribution in [0.5, 0.6) is 5.75 Å². The Hall–Kier alpha value is -3.12. The molecule has 0 radical (unpaired) electrons. The van der Waals surface area contributed by atoms with Gasteiger partial charge in [0, 0.05) is 6.61 Å². The number of benzene rings is 2. The van der Waals surface area contributed by atoms with Gasteiger partial charge < -0.3 is 14.2 Å². The van der Waals surface area contributed by atoms with E-state index in [9.17, 15) is 9.59 Å². The van der Waals surface area contributed by atoms with Crippen LogP contribution in [-0.2, 0) is 20.7 Å². The van der Waals surface area contributed by atoms with Crippen molar-refractivity contribution < 1.29 is 23.8 Å². The minimum atomic E-state index is -0.577. The van der Waals surface area contributed by atoms with Crippen molar-refractivity contribution in [3.8, 4) is 5.75 Å². The smallest absolute Gasteiger partial charge is 0.416 e. The quantitative estimate of drug-likeness (QED) is 0.304. The van der Waals surface area contributed by atoms with E-state index in [2.05, 4.69) is 6.08 Å². The fourth-order valence-electron chi connectivity index (χ4n) is 6.50. The van der Waals surface area contributed by atoms with Crippen LogP contribution < -0.4 is 4.74 Å². The second-order valence-corrected chi connectivity index (χ2v) is 11.3. The zero-order valence-corrected chi connectivity index (χ0v) is 23.1. The molecular weight excluding hydrogens is 490 g/mol. The van der Waals surface area contributed by atoms with Crippen molar-refractivity contribution in [2.75, 3.05) is 19.8 Å². The Kier molecular flexibility index (Phi) is 9.02. The van der Waals surface area contributed by atoms with E-state index in [0.29, 0.717) is 25.0 Å². The highest BCUT2D eigenvalue weighted by atomic mass is 16.6. The number of imide groups is 1. The van der Waals surface area contributed by atoms with Crippen LogP contribution in [-0.4, -0.2) is 42.8 Å². The lowest BCUT2D eigenvalue weighted by Gasteiger charge is -2.38. The average Bonchev–Trinajstić information content (AvgIpc) is 3.32. The third-order valence-electron chi connectivity index (χ3n) is 8.48. The molecule has 1 aliphatic heterocycles. The van der Waals surface area contributed by atoms with E-state index >= 15 is 0 Å². The van der Waals surface area contributed by atoms with Gasteiger partial charge in [-0.25, -0.2) is 9.69 Å². The summed E-state index contributed by atoms with van der Waals surface area (Å²) >= 11 is 0. The molecule has 2 fully saturated rings. The van der Waals surface area contributed by atoms with E-state index in [0.717, 1.165) is 23.3 Å². The van der Waals surface area contributed by atoms with Gasteiger partial charge in [-0.1, -0.05) is 67.8 Å². The lowest BCUT2D eigenvalue weighted by Crippen LogP contribution is -2.41. The summed E-state index contributed by atoms with van der Waals surface area (Å²) in [6, 6.07) is 17.4. The van der Waals surface area contributed by atoms with Crippen LogP contribution in [0.25, 0.3) is 0 Å². The molecular formula is C33H41NO5. The molecule has 2 atom stereocenters. The minimum Gasteiger partial charge on any atom is -0.489 e. The summed E-state index contributed by atoms with van der Waals surface area (Å²) in [5, 5.41) is 0. The van der Waals surface area contributed by atoms with Gasteiger partial charge >= 0.3 is 6.09 Å². The lowest BCUT2D eigenvalue weighted by molar-refractivity contribution is -0.132. The minimum absolute atomic E-state index is 0.0728. The van der Waals surface area contributed by atoms with Gasteiger partial charge in [-0.05, 0) is 79.7 Å². The molecule has 1 heterocycles. The molecule has 1 saturated heterocycles. The molecule has 2 aromatic rings. The lowest BCUT2D eigenvalue weighted by atomic mass is 9.67. The van der Waals surface area contributed by atoms with E-state index in [1.54, 1.807) is 0 Å². The highest BCUT2D eigenvalue weighted by Gasteiger charge is 2.39. The third-order valence-corrected chi connectivity index (χ3v) is 8.48. The molecule has 5 rings (SSSR count). The SMILES string of the molecule is CCOC(CC(=O)N1C(=O)OCC1Cc1ccccc1)c1ccc(OCC2=CC3(CCCCC3)CCC2)cc1. The standard InChI is InChI=1S/C33H41NO5/c1-2-37-30(21-31(35)34-28(24-39-32(34)36)20-25-10-5-3-6-11-25)27-13-15-29(16-14-27)38-23-26-12-9-19-33(22-26)17-7-4-8-18-33/h3,5-6,10-11,13-16,22,28,30H,2,4,7-9,12,17-21,23-24H2,1H3. The molecule has 2 unspecified atom stereocenters. The van der Waals surface area contributed by atoms with E-state index in [1.807, 2.05) is 61.5 Å². The summed E-state index contributed by atoms with van der Waals surface area (Å²) in [7, 11) is 0. The number of amides is 2. The van der Waals surface area contributed by atoms with Gasteiger partial charge in [0.05, 0.1) is 18.6 Å². The first-order valence-electron chi connectivity index (χ1n) is 14.6. The van der Waals surface area contributed by atoms with Crippen LogP contribution in [0.1, 0.15) is 81.9 Å². The molecule has 0 aromatic heterocycles. The number of hydrogen-bond acceptors (Lipinski definition) is 5. The normalized spacial score (nSPS) is 21.4. The maximum atomic E-state index is 13.3. The maximum absolute atomic E-state index is 13.3. The summed E-state index contributed by atoms with van der Waals surface area (Å²) in [5.41, 5.74) is 3.79. The number of hydrogen-bond donors (Lipinski definition) is 0. The van der Waals surface area contributed by atoms with Gasteiger partial charge in [-0.3, -0.25) is 4.79 Å². The third kappa shape index (κ3) is 6.91. The summed E-state index contributed by atoms with van der Waals surface area (Å²) in [6.45, 7) is 3.22. The molecule has 1 spiro atoms. The van der Waals surface area contributed by atoms with Crippen molar-refractivity contribution in [3.63, 3.8) is 0 Å². The van der Waals surface area contributed by atoms with Crippen molar-refractivity contribution in [2.24, 2.45) is 5.41 Å². The first-order valence-corrected chi connectivity index (χ1v) is 14.6. The molecule has 6 heteroatoms. The monoisotopic (exact) mass is 531 g/mol. The largest absolute Gasteiger partial charge is 0.489 e. The Morgan fingerprint density at radius 1 is 1.03 bits per heavy atom. The van der Waals surface area contributed by atoms with Crippen LogP contribution in [0.4, 0.5) is 4.79 Å². The number of rotatable bonds is 10. The van der Waals surface area contributed by atoms with Crippen molar-refractivity contribution >= 4 is 12.0 Å². The van der Waals surface area contributed by atoms with Gasteiger partial charge in [0.15, 0.2) is 0 Å². The first-order chi connectivity index (χ1) is 19.0. The van der Waals surface area contributed by atoms with E-state index in [1.165, 1.54) is 55.4 Å². The highest BCUT2D eigenvalue weighted by Crippen LogP contribution is 2.45. The van der Waals surface area contributed by atoms with Gasteiger partial charge in [-0.15, -0.1) is 0 Å². The average molecular weight is 532 g/mol. The summed E-state index contributed by atoms with van der Waals surface area (Å²) in [6.07, 6.45) is 12.6. The summed E-state index contributed by atoms with van der Waals surface area (Å²) < 4.78 is 17.4. The van der Waals surface area contributed by atoms with Crippen LogP contribution >= 0.6 is 0 Å². The van der Waals surface area contributed by atoms with Crippen molar-refractivity contribution in [1.82, 2.24) is 4.90 Å². The predicted molar refractivity (Wildman–Crippen MR) is 151 cm³/mol. The maximum Gasteiger partial charge on any atom is 0.416 e. The summed E-state index contributed by atoms with van der Waals surface area (Å²) in [5.74, 6) is 0.536. The molecule has 0 bridgehead atoms. The van der Waals surface area contributed by atoms with Crippen molar-refractivity contribution in [3.05, 3.63) is 77.4 Å². The van der Waals surface area contributed by atoms with Crippen LogP contribution in [0.3, 0.4) is 0 Å². The number of nitrogens with zero attached hydrogens (tertiary/aromatic N) is 1. The van der Waals surface area contributed by atoms with Gasteiger partial charge in [-0.2, -0.15) is 0 Å². The van der Waals surface area contributed by atoms with Crippen LogP contribution in [0, 0.1) is 5.41 Å². The highest BCUT2D eigenvalue weighted by molar-refractivity contribution is 5.93. The van der Waals surface area contributed by atoms with Crippen LogP contribution in [0.15, 0.2) is 66.2 Å². The number of allylic oxidation sites excluding steroid dienone is 1. The molecule has 0 N–H and O–H groups in total. The molecule has 3 aliphatic rings. The van der Waals surface area contributed by atoms with Gasteiger partial charge in [0.2, 0.25) is 5.91 Å². The van der Waals surface area contributed by atoms with E-state index in [-0.39, 0.29) is 25.0 Å². The van der Waals surface area contributed by atoms with Crippen molar-refractivity contribution in [2.45, 2.75) is 83.3 Å². The second kappa shape index (κ2) is 12.8. The zero-order chi connectivity index (χ0) is 27.1. The van der Waals surface area contributed by atoms with Gasteiger partial charge in [0.25, 0.3) is 0 Å². The number of ether oxygens (including phenoxy) is 3. The number of carbonyl (C=O) groups excluding carboxylic acids is 2. The molecule has 39 heavy (non-hydrogen) atoms. The van der Waals surface area contributed by atoms with E-state index < -0.39 is 12.2 Å². The number of carbonyl (C=O) groups is 2. The Morgan fingerprint density at radius 2 is 1.77 bits per heavy atom. The number of cyclic esters (lactones) is 1. The molecule has 6 nitrogen and oxygen atoms in total. The Bertz CT molecular complexity index is 1140. The molecule has 208 valence electrons. The Labute approximate surface area is 232 Å². The predicted octanol–water partition coefficient (Wildman–Crippen LogP) is 7.18. The molecule has 2 aliphatic carbocycles. The fourth-order valence-corrected chi connectivity index (χ4v) is 6.50. The fraction of sp³-hybridized carbons (Fsp3) is 0.515.